The Hall–Kier alpha value is -2.71. The van der Waals surface area contributed by atoms with Gasteiger partial charge in [-0.2, -0.15) is 0 Å². The third kappa shape index (κ3) is 6.30. The molecular formula is C45H66N2O6. The molecule has 6 aliphatic rings. The van der Waals surface area contributed by atoms with E-state index in [4.69, 9.17) is 9.47 Å². The van der Waals surface area contributed by atoms with Crippen LogP contribution in [0.2, 0.25) is 0 Å². The standard InChI is InChI=1S/C45H66N2O6/c1-40(2)19-21-45(39(51)46-23-10-24-47-25-27-52-28-26-47)22-20-43(6)32(33(45)29-40)13-14-35-42(5)17-16-36(41(3,4)34(42)15-18-44(35,43)7)53-38(50)31-12-9-8-11-30(31)37(48)49/h8-9,11-12,34-36H,10,13-29H2,1-7H3,(H,46,51)(H,48,49)/t34-,35+,36-,42-,43+,44+,45-/m0/s1. The van der Waals surface area contributed by atoms with Crippen molar-refractivity contribution in [3.63, 3.8) is 0 Å². The number of nitrogens with zero attached hydrogens (tertiary/aromatic N) is 1. The van der Waals surface area contributed by atoms with E-state index >= 15 is 0 Å². The van der Waals surface area contributed by atoms with Crippen LogP contribution in [0, 0.1) is 44.3 Å². The lowest BCUT2D eigenvalue weighted by molar-refractivity contribution is -0.205. The molecule has 0 aromatic heterocycles. The van der Waals surface area contributed by atoms with Gasteiger partial charge in [0.15, 0.2) is 0 Å². The predicted molar refractivity (Wildman–Crippen MR) is 207 cm³/mol. The third-order valence-corrected chi connectivity index (χ3v) is 16.6. The number of aromatic carboxylic acids is 1. The van der Waals surface area contributed by atoms with Crippen LogP contribution < -0.4 is 5.32 Å². The first kappa shape index (κ1) is 38.6. The number of carbonyl (C=O) groups excluding carboxylic acids is 2. The summed E-state index contributed by atoms with van der Waals surface area (Å²) >= 11 is 0. The Morgan fingerprint density at radius 2 is 1.55 bits per heavy atom. The van der Waals surface area contributed by atoms with Crippen molar-refractivity contribution in [2.45, 2.75) is 132 Å². The number of morpholine rings is 1. The van der Waals surface area contributed by atoms with Gasteiger partial charge in [0, 0.05) is 25.0 Å². The van der Waals surface area contributed by atoms with Gasteiger partial charge in [-0.1, -0.05) is 71.7 Å². The van der Waals surface area contributed by atoms with Gasteiger partial charge < -0.3 is 19.9 Å². The van der Waals surface area contributed by atoms with E-state index in [1.165, 1.54) is 11.6 Å². The molecule has 8 nitrogen and oxygen atoms in total. The zero-order valence-electron chi connectivity index (χ0n) is 33.7. The van der Waals surface area contributed by atoms with Crippen molar-refractivity contribution in [3.05, 3.63) is 46.5 Å². The summed E-state index contributed by atoms with van der Waals surface area (Å²) in [4.78, 5) is 42.3. The SMILES string of the molecule is CC1(C)CC[C@]2(C(=O)NCCCN3CCOCC3)CC[C@]3(C)C(=C2C1)CC[C@@H]1[C@@]2(C)CC[C@H](OC(=O)c4ccccc4C(=O)O)C(C)(C)[C@@H]2CC[C@]13C. The molecule has 292 valence electrons. The lowest BCUT2D eigenvalue weighted by Crippen LogP contribution is -2.64. The molecule has 7 atom stereocenters. The Kier molecular flexibility index (Phi) is 10.0. The molecule has 8 heteroatoms. The lowest BCUT2D eigenvalue weighted by Gasteiger charge is -2.71. The van der Waals surface area contributed by atoms with E-state index in [0.717, 1.165) is 116 Å². The highest BCUT2D eigenvalue weighted by Gasteiger charge is 2.68. The number of benzene rings is 1. The second-order valence-corrected chi connectivity index (χ2v) is 20.0. The Morgan fingerprint density at radius 1 is 0.849 bits per heavy atom. The highest BCUT2D eigenvalue weighted by atomic mass is 16.5. The number of hydrogen-bond donors (Lipinski definition) is 2. The second-order valence-electron chi connectivity index (χ2n) is 20.0. The number of nitrogens with one attached hydrogen (secondary N) is 1. The van der Waals surface area contributed by atoms with Crippen molar-refractivity contribution in [1.29, 1.82) is 0 Å². The van der Waals surface area contributed by atoms with E-state index in [0.29, 0.717) is 11.8 Å². The number of carboxylic acids is 1. The molecule has 1 aromatic rings. The Morgan fingerprint density at radius 3 is 2.26 bits per heavy atom. The van der Waals surface area contributed by atoms with Gasteiger partial charge in [0.25, 0.3) is 0 Å². The van der Waals surface area contributed by atoms with E-state index < -0.39 is 11.9 Å². The van der Waals surface area contributed by atoms with Gasteiger partial charge in [0.1, 0.15) is 6.10 Å². The molecule has 0 spiro atoms. The largest absolute Gasteiger partial charge is 0.478 e. The van der Waals surface area contributed by atoms with Crippen LogP contribution in [0.15, 0.2) is 35.4 Å². The number of allylic oxidation sites excluding steroid dienone is 1. The first-order valence-corrected chi connectivity index (χ1v) is 20.8. The molecule has 0 bridgehead atoms. The van der Waals surface area contributed by atoms with Gasteiger partial charge in [-0.15, -0.1) is 0 Å². The van der Waals surface area contributed by atoms with E-state index in [1.807, 2.05) is 0 Å². The molecule has 4 saturated carbocycles. The minimum atomic E-state index is -1.11. The van der Waals surface area contributed by atoms with E-state index in [2.05, 4.69) is 58.7 Å². The van der Waals surface area contributed by atoms with Gasteiger partial charge in [0.2, 0.25) is 5.91 Å². The van der Waals surface area contributed by atoms with Crippen LogP contribution in [0.4, 0.5) is 0 Å². The summed E-state index contributed by atoms with van der Waals surface area (Å²) in [6.07, 6.45) is 12.0. The van der Waals surface area contributed by atoms with E-state index in [1.54, 1.807) is 23.8 Å². The normalized spacial score (nSPS) is 37.7. The first-order valence-electron chi connectivity index (χ1n) is 20.8. The molecule has 5 fully saturated rings. The van der Waals surface area contributed by atoms with Crippen molar-refractivity contribution >= 4 is 17.8 Å². The topological polar surface area (TPSA) is 105 Å². The zero-order valence-corrected chi connectivity index (χ0v) is 33.7. The summed E-state index contributed by atoms with van der Waals surface area (Å²) in [5.74, 6) is -0.454. The minimum Gasteiger partial charge on any atom is -0.478 e. The molecular weight excluding hydrogens is 665 g/mol. The number of amides is 1. The monoisotopic (exact) mass is 730 g/mol. The van der Waals surface area contributed by atoms with Crippen molar-refractivity contribution in [2.24, 2.45) is 44.3 Å². The van der Waals surface area contributed by atoms with Gasteiger partial charge in [-0.25, -0.2) is 9.59 Å². The maximum absolute atomic E-state index is 14.5. The number of esters is 1. The number of ether oxygens (including phenoxy) is 2. The van der Waals surface area contributed by atoms with Gasteiger partial charge >= 0.3 is 11.9 Å². The quantitative estimate of drug-likeness (QED) is 0.157. The number of carbonyl (C=O) groups is 3. The molecule has 1 heterocycles. The summed E-state index contributed by atoms with van der Waals surface area (Å²) in [7, 11) is 0. The van der Waals surface area contributed by atoms with Gasteiger partial charge in [0.05, 0.1) is 29.8 Å². The van der Waals surface area contributed by atoms with Crippen LogP contribution in [-0.4, -0.2) is 73.3 Å². The Balaban J connectivity index is 1.12. The number of fused-ring (bicyclic) bond motifs is 6. The van der Waals surface area contributed by atoms with Crippen LogP contribution in [0.25, 0.3) is 0 Å². The summed E-state index contributed by atoms with van der Waals surface area (Å²) in [5.41, 5.74) is 3.04. The number of carboxylic acid groups (broad SMARTS) is 1. The highest BCUT2D eigenvalue weighted by molar-refractivity contribution is 6.02. The molecule has 2 N–H and O–H groups in total. The predicted octanol–water partition coefficient (Wildman–Crippen LogP) is 8.69. The maximum Gasteiger partial charge on any atom is 0.339 e. The summed E-state index contributed by atoms with van der Waals surface area (Å²) in [5, 5.41) is 13.2. The molecule has 53 heavy (non-hydrogen) atoms. The molecule has 0 unspecified atom stereocenters. The van der Waals surface area contributed by atoms with E-state index in [9.17, 15) is 19.5 Å². The fraction of sp³-hybridized carbons (Fsp3) is 0.756. The van der Waals surface area contributed by atoms with Crippen LogP contribution in [0.3, 0.4) is 0 Å². The molecule has 1 aromatic carbocycles. The fourth-order valence-electron chi connectivity index (χ4n) is 13.4. The van der Waals surface area contributed by atoms with Crippen molar-refractivity contribution < 1.29 is 29.0 Å². The van der Waals surface area contributed by atoms with Crippen LogP contribution in [0.5, 0.6) is 0 Å². The third-order valence-electron chi connectivity index (χ3n) is 16.6. The summed E-state index contributed by atoms with van der Waals surface area (Å²) < 4.78 is 11.8. The number of hydrogen-bond acceptors (Lipinski definition) is 6. The molecule has 1 aliphatic heterocycles. The molecule has 5 aliphatic carbocycles. The van der Waals surface area contributed by atoms with Crippen molar-refractivity contribution in [2.75, 3.05) is 39.4 Å². The Labute approximate surface area is 318 Å². The average Bonchev–Trinajstić information content (AvgIpc) is 3.11. The molecule has 7 rings (SSSR count). The van der Waals surface area contributed by atoms with Crippen LogP contribution in [-0.2, 0) is 14.3 Å². The van der Waals surface area contributed by atoms with Crippen molar-refractivity contribution in [1.82, 2.24) is 10.2 Å². The van der Waals surface area contributed by atoms with Crippen LogP contribution in [0.1, 0.15) is 146 Å². The smallest absolute Gasteiger partial charge is 0.339 e. The van der Waals surface area contributed by atoms with Gasteiger partial charge in [-0.3, -0.25) is 9.69 Å². The first-order chi connectivity index (χ1) is 25.0. The lowest BCUT2D eigenvalue weighted by atomic mass is 9.34. The molecule has 1 saturated heterocycles. The molecule has 1 amide bonds. The summed E-state index contributed by atoms with van der Waals surface area (Å²) in [6.45, 7) is 22.4. The Bertz CT molecular complexity index is 1640. The highest BCUT2D eigenvalue weighted by Crippen LogP contribution is 2.75. The van der Waals surface area contributed by atoms with Crippen LogP contribution >= 0.6 is 0 Å². The maximum atomic E-state index is 14.5. The van der Waals surface area contributed by atoms with Gasteiger partial charge in [-0.05, 0) is 129 Å². The van der Waals surface area contributed by atoms with E-state index in [-0.39, 0.29) is 55.6 Å². The van der Waals surface area contributed by atoms with Crippen molar-refractivity contribution in [3.8, 4) is 0 Å². The zero-order chi connectivity index (χ0) is 38.0. The molecule has 0 radical (unpaired) electrons. The average molecular weight is 731 g/mol. The number of rotatable bonds is 8. The summed E-state index contributed by atoms with van der Waals surface area (Å²) in [6, 6.07) is 6.38. The fourth-order valence-corrected chi connectivity index (χ4v) is 13.4. The second kappa shape index (κ2) is 13.8. The minimum absolute atomic E-state index is 0.0103.